The number of hydrogen-bond acceptors (Lipinski definition) is 4. The van der Waals surface area contributed by atoms with E-state index in [0.717, 1.165) is 11.1 Å². The third-order valence-corrected chi connectivity index (χ3v) is 3.08. The molecule has 0 fully saturated rings. The van der Waals surface area contributed by atoms with Crippen molar-refractivity contribution in [3.63, 3.8) is 0 Å². The number of pyridine rings is 1. The highest BCUT2D eigenvalue weighted by atomic mass is 16.1. The normalized spacial score (nSPS) is 10.2. The van der Waals surface area contributed by atoms with E-state index >= 15 is 0 Å². The topological polar surface area (TPSA) is 81.4 Å². The molecule has 0 radical (unpaired) electrons. The summed E-state index contributed by atoms with van der Waals surface area (Å²) in [6.07, 6.45) is 4.47. The average Bonchev–Trinajstić information content (AvgIpc) is 2.60. The van der Waals surface area contributed by atoms with Crippen molar-refractivity contribution < 1.29 is 4.79 Å². The molecule has 0 bridgehead atoms. The van der Waals surface area contributed by atoms with Crippen LogP contribution >= 0.6 is 0 Å². The van der Waals surface area contributed by atoms with Crippen LogP contribution in [0.3, 0.4) is 0 Å². The maximum absolute atomic E-state index is 11.2. The molecule has 0 unspecified atom stereocenters. The largest absolute Gasteiger partial charge is 0.369 e. The number of hydrogen-bond donors (Lipinski definition) is 1. The van der Waals surface area contributed by atoms with Gasteiger partial charge in [0.15, 0.2) is 0 Å². The van der Waals surface area contributed by atoms with Crippen molar-refractivity contribution in [1.82, 2.24) is 9.88 Å². The van der Waals surface area contributed by atoms with Gasteiger partial charge in [-0.2, -0.15) is 5.26 Å². The highest BCUT2D eigenvalue weighted by Gasteiger charge is 2.06. The fraction of sp³-hybridized carbons (Fsp3) is 0.111. The first-order chi connectivity index (χ1) is 11.5. The molecule has 0 aliphatic carbocycles. The summed E-state index contributed by atoms with van der Waals surface area (Å²) < 4.78 is 0. The van der Waals surface area contributed by atoms with E-state index in [1.807, 2.05) is 26.2 Å². The van der Waals surface area contributed by atoms with E-state index in [1.165, 1.54) is 6.08 Å². The number of nitriles is 1. The van der Waals surface area contributed by atoms with Crippen LogP contribution in [0.15, 0.2) is 54.2 Å². The van der Waals surface area contributed by atoms with E-state index in [9.17, 15) is 10.1 Å². The third kappa shape index (κ3) is 4.27. The van der Waals surface area contributed by atoms with Gasteiger partial charge >= 0.3 is 0 Å². The molecule has 6 heteroatoms. The van der Waals surface area contributed by atoms with Crippen LogP contribution in [0.4, 0.5) is 11.5 Å². The molecule has 24 heavy (non-hydrogen) atoms. The predicted molar refractivity (Wildman–Crippen MR) is 95.1 cm³/mol. The Labute approximate surface area is 140 Å². The molecule has 0 saturated carbocycles. The first-order valence-corrected chi connectivity index (χ1v) is 7.18. The number of aromatic nitrogens is 1. The highest BCUT2D eigenvalue weighted by Crippen LogP contribution is 2.26. The number of rotatable bonds is 5. The summed E-state index contributed by atoms with van der Waals surface area (Å²) in [7, 11) is 3.73. The molecule has 1 heterocycles. The average molecular weight is 319 g/mol. The second-order valence-electron chi connectivity index (χ2n) is 5.18. The Kier molecular flexibility index (Phi) is 5.42. The lowest BCUT2D eigenvalue weighted by Crippen LogP contribution is -2.08. The van der Waals surface area contributed by atoms with E-state index in [4.69, 9.17) is 0 Å². The fourth-order valence-corrected chi connectivity index (χ4v) is 1.91. The second kappa shape index (κ2) is 7.70. The smallest absolute Gasteiger partial charge is 0.248 e. The number of amides is 1. The van der Waals surface area contributed by atoms with Gasteiger partial charge in [0.2, 0.25) is 5.91 Å². The molecule has 1 aromatic heterocycles. The van der Waals surface area contributed by atoms with Crippen LogP contribution in [-0.2, 0) is 4.79 Å². The van der Waals surface area contributed by atoms with Gasteiger partial charge in [-0.1, -0.05) is 12.6 Å². The van der Waals surface area contributed by atoms with Crippen molar-refractivity contribution in [1.29, 1.82) is 5.26 Å². The number of carbonyl (C=O) groups is 1. The predicted octanol–water partition coefficient (Wildman–Crippen LogP) is 2.97. The molecule has 0 saturated heterocycles. The van der Waals surface area contributed by atoms with Crippen LogP contribution in [0.25, 0.3) is 11.1 Å². The molecule has 2 aromatic rings. The highest BCUT2D eigenvalue weighted by molar-refractivity contribution is 5.98. The number of carbonyl (C=O) groups excluding carboxylic acids is 1. The lowest BCUT2D eigenvalue weighted by atomic mass is 10.0. The van der Waals surface area contributed by atoms with Gasteiger partial charge in [0.05, 0.1) is 17.6 Å². The molecule has 2 rings (SSSR count). The Morgan fingerprint density at radius 2 is 2.08 bits per heavy atom. The summed E-state index contributed by atoms with van der Waals surface area (Å²) in [5.41, 5.74) is 2.78. The van der Waals surface area contributed by atoms with Gasteiger partial charge in [-0.3, -0.25) is 4.79 Å². The lowest BCUT2D eigenvalue weighted by Gasteiger charge is -2.07. The first kappa shape index (κ1) is 16.9. The zero-order valence-electron chi connectivity index (χ0n) is 13.5. The summed E-state index contributed by atoms with van der Waals surface area (Å²) in [5.74, 6) is 0.126. The van der Waals surface area contributed by atoms with Crippen molar-refractivity contribution in [2.24, 2.45) is 4.99 Å². The van der Waals surface area contributed by atoms with Gasteiger partial charge in [-0.05, 0) is 35.9 Å². The Hall–Kier alpha value is -3.46. The molecule has 6 nitrogen and oxygen atoms in total. The zero-order chi connectivity index (χ0) is 17.5. The standard InChI is InChI=1S/C18H17N5O/c1-4-18(24)22-17-8-6-14(11-20-17)13-5-7-16(15(9-13)10-19)21-12-23(2)3/h4-9,11-12H,1H2,2-3H3,(H,20,22,24). The van der Waals surface area contributed by atoms with Crippen molar-refractivity contribution in [2.75, 3.05) is 19.4 Å². The Bertz CT molecular complexity index is 816. The van der Waals surface area contributed by atoms with Gasteiger partial charge in [0.25, 0.3) is 0 Å². The van der Waals surface area contributed by atoms with Gasteiger partial charge in [0, 0.05) is 25.9 Å². The molecule has 0 aliphatic rings. The molecule has 0 aliphatic heterocycles. The summed E-state index contributed by atoms with van der Waals surface area (Å²) >= 11 is 0. The molecule has 120 valence electrons. The molecular formula is C18H17N5O. The van der Waals surface area contributed by atoms with Crippen LogP contribution in [0.5, 0.6) is 0 Å². The Balaban J connectivity index is 2.28. The molecule has 1 N–H and O–H groups in total. The van der Waals surface area contributed by atoms with Crippen molar-refractivity contribution >= 4 is 23.8 Å². The van der Waals surface area contributed by atoms with Crippen molar-refractivity contribution in [3.05, 3.63) is 54.7 Å². The molecule has 1 aromatic carbocycles. The van der Waals surface area contributed by atoms with E-state index < -0.39 is 0 Å². The Morgan fingerprint density at radius 1 is 1.33 bits per heavy atom. The van der Waals surface area contributed by atoms with Gasteiger partial charge in [-0.15, -0.1) is 0 Å². The minimum absolute atomic E-state index is 0.315. The summed E-state index contributed by atoms with van der Waals surface area (Å²) in [5, 5.41) is 11.9. The minimum atomic E-state index is -0.315. The summed E-state index contributed by atoms with van der Waals surface area (Å²) in [6, 6.07) is 11.1. The summed E-state index contributed by atoms with van der Waals surface area (Å²) in [6.45, 7) is 3.39. The number of nitrogens with zero attached hydrogens (tertiary/aromatic N) is 4. The molecule has 1 amide bonds. The SMILES string of the molecule is C=CC(=O)Nc1ccc(-c2ccc(N=CN(C)C)c(C#N)c2)cn1. The maximum atomic E-state index is 11.2. The number of anilines is 1. The van der Waals surface area contributed by atoms with Crippen LogP contribution in [0, 0.1) is 11.3 Å². The second-order valence-corrected chi connectivity index (χ2v) is 5.18. The maximum Gasteiger partial charge on any atom is 0.248 e. The molecule has 0 spiro atoms. The van der Waals surface area contributed by atoms with Crippen LogP contribution in [0.2, 0.25) is 0 Å². The third-order valence-electron chi connectivity index (χ3n) is 3.08. The van der Waals surface area contributed by atoms with Gasteiger partial charge < -0.3 is 10.2 Å². The van der Waals surface area contributed by atoms with E-state index in [1.54, 1.807) is 35.6 Å². The number of nitrogens with one attached hydrogen (secondary N) is 1. The molecule has 0 atom stereocenters. The van der Waals surface area contributed by atoms with E-state index in [2.05, 4.69) is 27.9 Å². The van der Waals surface area contributed by atoms with Crippen LogP contribution < -0.4 is 5.32 Å². The quantitative estimate of drug-likeness (QED) is 0.522. The van der Waals surface area contributed by atoms with Crippen molar-refractivity contribution in [3.8, 4) is 17.2 Å². The van der Waals surface area contributed by atoms with E-state index in [-0.39, 0.29) is 5.91 Å². The lowest BCUT2D eigenvalue weighted by molar-refractivity contribution is -0.111. The Morgan fingerprint density at radius 3 is 2.67 bits per heavy atom. The summed E-state index contributed by atoms with van der Waals surface area (Å²) in [4.78, 5) is 21.5. The molecular weight excluding hydrogens is 302 g/mol. The van der Waals surface area contributed by atoms with E-state index in [0.29, 0.717) is 17.1 Å². The first-order valence-electron chi connectivity index (χ1n) is 7.18. The van der Waals surface area contributed by atoms with Crippen LogP contribution in [0.1, 0.15) is 5.56 Å². The number of benzene rings is 1. The van der Waals surface area contributed by atoms with Gasteiger partial charge in [0.1, 0.15) is 11.9 Å². The monoisotopic (exact) mass is 319 g/mol. The minimum Gasteiger partial charge on any atom is -0.369 e. The zero-order valence-corrected chi connectivity index (χ0v) is 13.5. The fourth-order valence-electron chi connectivity index (χ4n) is 1.91. The van der Waals surface area contributed by atoms with Crippen molar-refractivity contribution in [2.45, 2.75) is 0 Å². The van der Waals surface area contributed by atoms with Crippen LogP contribution in [-0.4, -0.2) is 36.2 Å². The number of aliphatic imine (C=N–C) groups is 1. The van der Waals surface area contributed by atoms with Gasteiger partial charge in [-0.25, -0.2) is 9.98 Å².